The van der Waals surface area contributed by atoms with E-state index < -0.39 is 17.4 Å². The fourth-order valence-corrected chi connectivity index (χ4v) is 5.67. The lowest BCUT2D eigenvalue weighted by Crippen LogP contribution is -2.41. The number of hydrogen-bond donors (Lipinski definition) is 1. The zero-order valence-electron chi connectivity index (χ0n) is 20.1. The summed E-state index contributed by atoms with van der Waals surface area (Å²) in [5.74, 6) is -1.75. The molecule has 2 N–H and O–H groups in total. The van der Waals surface area contributed by atoms with Crippen LogP contribution in [0.4, 0.5) is 0 Å². The molecule has 2 heterocycles. The molecule has 0 radical (unpaired) electrons. The van der Waals surface area contributed by atoms with Gasteiger partial charge in [-0.25, -0.2) is 4.79 Å². The molecule has 1 atom stereocenters. The largest absolute Gasteiger partial charge is 0.463 e. The molecule has 3 aromatic carbocycles. The van der Waals surface area contributed by atoms with E-state index in [1.807, 2.05) is 66.7 Å². The average molecular weight is 509 g/mol. The molecule has 4 aromatic rings. The molecule has 0 fully saturated rings. The number of fused-ring (bicyclic) bond motifs is 1. The van der Waals surface area contributed by atoms with Crippen LogP contribution in [0.25, 0.3) is 17.5 Å². The van der Waals surface area contributed by atoms with E-state index in [-0.39, 0.29) is 29.4 Å². The van der Waals surface area contributed by atoms with Crippen LogP contribution in [0.1, 0.15) is 34.3 Å². The summed E-state index contributed by atoms with van der Waals surface area (Å²) in [6.45, 7) is 1.86. The van der Waals surface area contributed by atoms with E-state index in [0.29, 0.717) is 20.3 Å². The van der Waals surface area contributed by atoms with E-state index in [0.717, 1.165) is 16.9 Å². The summed E-state index contributed by atoms with van der Waals surface area (Å²) >= 11 is 1.16. The van der Waals surface area contributed by atoms with Gasteiger partial charge in [0.05, 0.1) is 28.2 Å². The number of ketones is 1. The Bertz CT molecular complexity index is 1690. The number of carbonyl (C=O) groups is 2. The highest BCUT2D eigenvalue weighted by Gasteiger charge is 2.39. The van der Waals surface area contributed by atoms with Gasteiger partial charge in [0.25, 0.3) is 5.56 Å². The zero-order valence-corrected chi connectivity index (χ0v) is 20.9. The van der Waals surface area contributed by atoms with Crippen LogP contribution < -0.4 is 20.5 Å². The van der Waals surface area contributed by atoms with E-state index in [9.17, 15) is 14.4 Å². The topological polar surface area (TPSA) is 91.4 Å². The van der Waals surface area contributed by atoms with Crippen LogP contribution in [0.2, 0.25) is 0 Å². The Kier molecular flexibility index (Phi) is 6.70. The smallest absolute Gasteiger partial charge is 0.337 e. The maximum atomic E-state index is 13.9. The molecule has 184 valence electrons. The van der Waals surface area contributed by atoms with Gasteiger partial charge in [0, 0.05) is 5.56 Å². The number of hydrogen-bond acceptors (Lipinski definition) is 6. The first-order valence-electron chi connectivity index (χ1n) is 11.9. The highest BCUT2D eigenvalue weighted by molar-refractivity contribution is 7.07. The summed E-state index contributed by atoms with van der Waals surface area (Å²) in [7, 11) is 0. The number of nitrogens with two attached hydrogens (primary N) is 1. The first kappa shape index (κ1) is 24.2. The molecule has 6 nitrogen and oxygen atoms in total. The van der Waals surface area contributed by atoms with Gasteiger partial charge in [-0.05, 0) is 24.1 Å². The van der Waals surface area contributed by atoms with Gasteiger partial charge in [-0.2, -0.15) is 0 Å². The highest BCUT2D eigenvalue weighted by atomic mass is 32.1. The third-order valence-corrected chi connectivity index (χ3v) is 7.26. The normalized spacial score (nSPS) is 15.4. The van der Waals surface area contributed by atoms with E-state index in [1.165, 1.54) is 4.57 Å². The average Bonchev–Trinajstić information content (AvgIpc) is 3.25. The first-order valence-corrected chi connectivity index (χ1v) is 12.7. The van der Waals surface area contributed by atoms with E-state index >= 15 is 0 Å². The highest BCUT2D eigenvalue weighted by Crippen LogP contribution is 2.38. The summed E-state index contributed by atoms with van der Waals surface area (Å²) in [6, 6.07) is 27.3. The molecule has 1 unspecified atom stereocenters. The predicted molar refractivity (Wildman–Crippen MR) is 145 cm³/mol. The maximum Gasteiger partial charge on any atom is 0.337 e. The fraction of sp³-hybridized carbons (Fsp3) is 0.100. The summed E-state index contributed by atoms with van der Waals surface area (Å²) in [4.78, 5) is 41.1. The second-order valence-electron chi connectivity index (χ2n) is 8.44. The van der Waals surface area contributed by atoms with Crippen LogP contribution in [0.15, 0.2) is 101 Å². The number of esters is 1. The van der Waals surface area contributed by atoms with Gasteiger partial charge in [0.1, 0.15) is 10.5 Å². The number of carbonyl (C=O) groups excluding carboxylic acids is 2. The van der Waals surface area contributed by atoms with Crippen molar-refractivity contribution in [2.24, 2.45) is 5.73 Å². The Labute approximate surface area is 217 Å². The van der Waals surface area contributed by atoms with E-state index in [1.54, 1.807) is 37.3 Å². The molecule has 1 aromatic heterocycles. The number of aromatic nitrogens is 1. The number of benzene rings is 3. The van der Waals surface area contributed by atoms with Crippen LogP contribution in [-0.2, 0) is 9.53 Å². The van der Waals surface area contributed by atoms with Crippen molar-refractivity contribution in [3.63, 3.8) is 0 Å². The number of rotatable bonds is 6. The van der Waals surface area contributed by atoms with Crippen molar-refractivity contribution >= 4 is 40.6 Å². The number of Topliss-reactive ketones (excluding diaryl/α,β-unsaturated/α-hetero) is 1. The van der Waals surface area contributed by atoms with Crippen molar-refractivity contribution in [2.75, 3.05) is 6.61 Å². The third kappa shape index (κ3) is 4.45. The Morgan fingerprint density at radius 1 is 0.919 bits per heavy atom. The van der Waals surface area contributed by atoms with Gasteiger partial charge in [0.15, 0.2) is 5.78 Å². The second-order valence-corrected chi connectivity index (χ2v) is 9.47. The lowest BCUT2D eigenvalue weighted by atomic mass is 9.80. The standard InChI is InChI=1S/C30H24N2O4S/c1-2-36-30(35)25-23(20-14-8-4-9-15-20)24(26(33)21-16-10-5-11-17-21)27(31)32-28(34)22(37-29(25)32)18-19-12-6-3-7-13-19/h3-18,23H,2,31H2,1H3/b22-18+. The molecule has 5 rings (SSSR count). The Morgan fingerprint density at radius 3 is 2.14 bits per heavy atom. The molecular weight excluding hydrogens is 484 g/mol. The number of thiazole rings is 1. The molecule has 7 heteroatoms. The molecule has 0 bridgehead atoms. The molecule has 0 spiro atoms. The van der Waals surface area contributed by atoms with Crippen LogP contribution in [0, 0.1) is 0 Å². The molecule has 1 aliphatic heterocycles. The lowest BCUT2D eigenvalue weighted by molar-refractivity contribution is -0.136. The minimum absolute atomic E-state index is 0.0136. The lowest BCUT2D eigenvalue weighted by Gasteiger charge is -2.27. The molecule has 0 aliphatic carbocycles. The Balaban J connectivity index is 1.88. The van der Waals surface area contributed by atoms with Crippen LogP contribution in [0.5, 0.6) is 0 Å². The quantitative estimate of drug-likeness (QED) is 0.319. The van der Waals surface area contributed by atoms with Crippen molar-refractivity contribution in [2.45, 2.75) is 12.8 Å². The van der Waals surface area contributed by atoms with Crippen LogP contribution in [0.3, 0.4) is 0 Å². The molecule has 0 saturated carbocycles. The molecule has 1 aliphatic rings. The van der Waals surface area contributed by atoms with Gasteiger partial charge in [-0.15, -0.1) is 11.3 Å². The van der Waals surface area contributed by atoms with Gasteiger partial charge in [0.2, 0.25) is 0 Å². The third-order valence-electron chi connectivity index (χ3n) is 6.15. The van der Waals surface area contributed by atoms with Crippen molar-refractivity contribution in [3.8, 4) is 0 Å². The maximum absolute atomic E-state index is 13.9. The minimum Gasteiger partial charge on any atom is -0.463 e. The first-order chi connectivity index (χ1) is 18.0. The fourth-order valence-electron chi connectivity index (χ4n) is 4.50. The summed E-state index contributed by atoms with van der Waals surface area (Å²) in [5, 5.41) is 0. The molecule has 0 amide bonds. The van der Waals surface area contributed by atoms with Crippen molar-refractivity contribution in [3.05, 3.63) is 133 Å². The van der Waals surface area contributed by atoms with Gasteiger partial charge in [-0.1, -0.05) is 91.0 Å². The summed E-state index contributed by atoms with van der Waals surface area (Å²) in [5.41, 5.74) is 8.58. The summed E-state index contributed by atoms with van der Waals surface area (Å²) < 4.78 is 7.49. The predicted octanol–water partition coefficient (Wildman–Crippen LogP) is 3.26. The summed E-state index contributed by atoms with van der Waals surface area (Å²) in [6.07, 6.45) is 1.75. The van der Waals surface area contributed by atoms with Crippen molar-refractivity contribution in [1.29, 1.82) is 0 Å². The molecule has 0 saturated heterocycles. The van der Waals surface area contributed by atoms with Crippen LogP contribution in [-0.4, -0.2) is 22.9 Å². The van der Waals surface area contributed by atoms with Crippen LogP contribution >= 0.6 is 11.3 Å². The van der Waals surface area contributed by atoms with Gasteiger partial charge < -0.3 is 10.5 Å². The number of ether oxygens (including phenoxy) is 1. The molecular formula is C30H24N2O4S. The monoisotopic (exact) mass is 508 g/mol. The zero-order chi connectivity index (χ0) is 25.9. The number of allylic oxidation sites excluding steroid dienone is 1. The van der Waals surface area contributed by atoms with Crippen molar-refractivity contribution in [1.82, 2.24) is 4.57 Å². The minimum atomic E-state index is -0.810. The SMILES string of the molecule is CCOC(=O)C1=c2s/c(=C/c3ccccc3)c(=O)n2C(N)=C(C(=O)c2ccccc2)C1c1ccccc1. The molecule has 37 heavy (non-hydrogen) atoms. The van der Waals surface area contributed by atoms with Gasteiger partial charge >= 0.3 is 5.97 Å². The Hall–Kier alpha value is -4.49. The Morgan fingerprint density at radius 2 is 1.51 bits per heavy atom. The number of nitrogens with zero attached hydrogens (tertiary/aromatic N) is 1. The van der Waals surface area contributed by atoms with Crippen molar-refractivity contribution < 1.29 is 14.3 Å². The second kappa shape index (κ2) is 10.2. The van der Waals surface area contributed by atoms with E-state index in [2.05, 4.69) is 0 Å². The van der Waals surface area contributed by atoms with E-state index in [4.69, 9.17) is 10.5 Å². The van der Waals surface area contributed by atoms with Gasteiger partial charge in [-0.3, -0.25) is 14.2 Å².